The zero-order chi connectivity index (χ0) is 34.7. The second kappa shape index (κ2) is 14.7. The molecule has 1 aliphatic heterocycles. The van der Waals surface area contributed by atoms with Crippen molar-refractivity contribution < 1.29 is 69.3 Å². The second-order valence-electron chi connectivity index (χ2n) is 11.9. The molecule has 0 aromatic heterocycles. The molecule has 2 aliphatic rings. The summed E-state index contributed by atoms with van der Waals surface area (Å²) in [6, 6.07) is 8.69. The number of hydrogen-bond acceptors (Lipinski definition) is 14. The van der Waals surface area contributed by atoms with Crippen LogP contribution in [0.15, 0.2) is 36.4 Å². The van der Waals surface area contributed by atoms with Gasteiger partial charge in [0.25, 0.3) is 0 Å². The largest absolute Gasteiger partial charge is 0.507 e. The number of carbonyl (C=O) groups is 1. The van der Waals surface area contributed by atoms with E-state index in [1.807, 2.05) is 6.07 Å². The normalized spacial score (nSPS) is 24.4. The number of aliphatic hydroxyl groups excluding tert-OH is 4. The molecule has 260 valence electrons. The third kappa shape index (κ3) is 7.17. The van der Waals surface area contributed by atoms with Crippen molar-refractivity contribution in [3.63, 3.8) is 0 Å². The fraction of sp³-hybridized carbons (Fsp3) is 0.441. The summed E-state index contributed by atoms with van der Waals surface area (Å²) in [5.41, 5.74) is 2.14. The number of esters is 1. The van der Waals surface area contributed by atoms with E-state index in [0.29, 0.717) is 55.2 Å². The molecule has 1 aliphatic carbocycles. The molecular formula is C34H40O14. The lowest BCUT2D eigenvalue weighted by molar-refractivity contribution is -0.277. The standard InChI is InChI=1S/C34H40O14/c1-44-31-21-12-17(5-3-4-6-19(35)9-7-16-8-10-22(36)20(21)11-16)30(32(31)45-2)48-34-29(42)28(41)27(40)25(47-34)15-46-33(43)18-13-23(37)26(39)24(38)14-18/h8,10-14,19,25,27-29,34-42H,3-7,9,15H2,1-2H3. The monoisotopic (exact) mass is 672 g/mol. The van der Waals surface area contributed by atoms with Crippen LogP contribution in [0.25, 0.3) is 11.1 Å². The highest BCUT2D eigenvalue weighted by atomic mass is 16.7. The number of carbonyl (C=O) groups excluding carboxylic acids is 1. The molecule has 4 bridgehead atoms. The average Bonchev–Trinajstić information content (AvgIpc) is 3.08. The lowest BCUT2D eigenvalue weighted by atomic mass is 9.95. The summed E-state index contributed by atoms with van der Waals surface area (Å²) in [4.78, 5) is 12.6. The Morgan fingerprint density at radius 1 is 0.771 bits per heavy atom. The van der Waals surface area contributed by atoms with E-state index < -0.39 is 66.6 Å². The smallest absolute Gasteiger partial charge is 0.338 e. The molecule has 0 amide bonds. The molecule has 1 heterocycles. The second-order valence-corrected chi connectivity index (χ2v) is 11.9. The molecule has 14 heteroatoms. The molecule has 0 saturated carbocycles. The molecule has 0 spiro atoms. The van der Waals surface area contributed by atoms with Gasteiger partial charge in [0.2, 0.25) is 12.0 Å². The van der Waals surface area contributed by atoms with Gasteiger partial charge >= 0.3 is 5.97 Å². The van der Waals surface area contributed by atoms with E-state index in [2.05, 4.69) is 0 Å². The summed E-state index contributed by atoms with van der Waals surface area (Å²) in [6.45, 7) is -0.643. The van der Waals surface area contributed by atoms with Crippen LogP contribution in [-0.4, -0.2) is 104 Å². The number of rotatable bonds is 7. The van der Waals surface area contributed by atoms with Crippen molar-refractivity contribution in [2.75, 3.05) is 20.8 Å². The number of aromatic hydroxyl groups is 4. The van der Waals surface area contributed by atoms with Gasteiger partial charge in [-0.25, -0.2) is 4.79 Å². The predicted octanol–water partition coefficient (Wildman–Crippen LogP) is 2.26. The van der Waals surface area contributed by atoms with Crippen molar-refractivity contribution in [2.45, 2.75) is 75.3 Å². The molecule has 3 aromatic carbocycles. The van der Waals surface area contributed by atoms with Crippen LogP contribution in [0, 0.1) is 0 Å². The van der Waals surface area contributed by atoms with E-state index in [1.165, 1.54) is 14.2 Å². The molecule has 14 nitrogen and oxygen atoms in total. The van der Waals surface area contributed by atoms with E-state index in [4.69, 9.17) is 23.7 Å². The van der Waals surface area contributed by atoms with Gasteiger partial charge in [0.15, 0.2) is 28.7 Å². The fourth-order valence-electron chi connectivity index (χ4n) is 5.94. The molecule has 3 aromatic rings. The number of methoxy groups -OCH3 is 2. The van der Waals surface area contributed by atoms with Gasteiger partial charge in [0, 0.05) is 11.1 Å². The highest BCUT2D eigenvalue weighted by Gasteiger charge is 2.46. The van der Waals surface area contributed by atoms with Gasteiger partial charge in [0.05, 0.1) is 25.9 Å². The summed E-state index contributed by atoms with van der Waals surface area (Å²) >= 11 is 0. The first kappa shape index (κ1) is 34.9. The average molecular weight is 673 g/mol. The maximum atomic E-state index is 12.6. The summed E-state index contributed by atoms with van der Waals surface area (Å²) in [7, 11) is 2.80. The number of ether oxygens (including phenoxy) is 5. The van der Waals surface area contributed by atoms with E-state index in [0.717, 1.165) is 17.7 Å². The van der Waals surface area contributed by atoms with Crippen LogP contribution in [0.4, 0.5) is 0 Å². The third-order valence-electron chi connectivity index (χ3n) is 8.61. The van der Waals surface area contributed by atoms with Crippen LogP contribution in [0.5, 0.6) is 40.2 Å². The molecule has 1 saturated heterocycles. The molecule has 6 atom stereocenters. The Morgan fingerprint density at radius 2 is 1.48 bits per heavy atom. The van der Waals surface area contributed by atoms with Crippen LogP contribution >= 0.6 is 0 Å². The van der Waals surface area contributed by atoms with Crippen LogP contribution < -0.4 is 14.2 Å². The van der Waals surface area contributed by atoms with Crippen LogP contribution in [0.3, 0.4) is 0 Å². The SMILES string of the molecule is COc1c2cc(c(OC3OC(COC(=O)c4cc(O)c(O)c(O)c4)C(O)C(O)C3O)c1OC)CCCCC(O)CCc1ccc(O)c-2c1. The maximum absolute atomic E-state index is 12.6. The molecule has 6 unspecified atom stereocenters. The quantitative estimate of drug-likeness (QED) is 0.133. The maximum Gasteiger partial charge on any atom is 0.338 e. The summed E-state index contributed by atoms with van der Waals surface area (Å²) in [5.74, 6) is -3.00. The minimum atomic E-state index is -1.80. The first-order chi connectivity index (χ1) is 22.9. The topological polar surface area (TPSA) is 225 Å². The van der Waals surface area contributed by atoms with Crippen molar-refractivity contribution >= 4 is 5.97 Å². The Labute approximate surface area is 275 Å². The Bertz CT molecular complexity index is 1600. The first-order valence-electron chi connectivity index (χ1n) is 15.5. The zero-order valence-electron chi connectivity index (χ0n) is 26.4. The van der Waals surface area contributed by atoms with Crippen molar-refractivity contribution in [3.8, 4) is 51.4 Å². The summed E-state index contributed by atoms with van der Waals surface area (Å²) < 4.78 is 28.7. The number of benzene rings is 3. The van der Waals surface area contributed by atoms with Crippen molar-refractivity contribution in [1.29, 1.82) is 0 Å². The number of hydrogen-bond donors (Lipinski definition) is 8. The predicted molar refractivity (Wildman–Crippen MR) is 168 cm³/mol. The van der Waals surface area contributed by atoms with Gasteiger partial charge in [0.1, 0.15) is 36.8 Å². The van der Waals surface area contributed by atoms with E-state index >= 15 is 0 Å². The van der Waals surface area contributed by atoms with Crippen LogP contribution in [0.1, 0.15) is 47.2 Å². The van der Waals surface area contributed by atoms with E-state index in [1.54, 1.807) is 18.2 Å². The number of aliphatic hydroxyl groups is 4. The van der Waals surface area contributed by atoms with Crippen LogP contribution in [-0.2, 0) is 22.3 Å². The first-order valence-corrected chi connectivity index (χ1v) is 15.5. The number of phenolic OH excluding ortho intramolecular Hbond substituents is 4. The molecule has 5 rings (SSSR count). The zero-order valence-corrected chi connectivity index (χ0v) is 26.4. The minimum absolute atomic E-state index is 0.00703. The number of phenols is 4. The summed E-state index contributed by atoms with van der Waals surface area (Å²) in [6.07, 6.45) is -5.37. The Hall–Kier alpha value is -4.47. The highest BCUT2D eigenvalue weighted by Crippen LogP contribution is 2.50. The molecule has 48 heavy (non-hydrogen) atoms. The fourth-order valence-corrected chi connectivity index (χ4v) is 5.94. The Balaban J connectivity index is 1.47. The molecule has 1 fully saturated rings. The lowest BCUT2D eigenvalue weighted by Crippen LogP contribution is -2.60. The van der Waals surface area contributed by atoms with Gasteiger partial charge in [-0.1, -0.05) is 12.5 Å². The Morgan fingerprint density at radius 3 is 2.17 bits per heavy atom. The molecule has 8 N–H and O–H groups in total. The number of fused-ring (bicyclic) bond motifs is 5. The third-order valence-corrected chi connectivity index (χ3v) is 8.61. The Kier molecular flexibility index (Phi) is 10.7. The van der Waals surface area contributed by atoms with Crippen molar-refractivity contribution in [3.05, 3.63) is 53.1 Å². The van der Waals surface area contributed by atoms with Crippen molar-refractivity contribution in [2.24, 2.45) is 0 Å². The van der Waals surface area contributed by atoms with Gasteiger partial charge in [-0.2, -0.15) is 0 Å². The highest BCUT2D eigenvalue weighted by molar-refractivity contribution is 5.91. The van der Waals surface area contributed by atoms with Crippen molar-refractivity contribution in [1.82, 2.24) is 0 Å². The minimum Gasteiger partial charge on any atom is -0.507 e. The van der Waals surface area contributed by atoms with Gasteiger partial charge in [-0.3, -0.25) is 0 Å². The van der Waals surface area contributed by atoms with E-state index in [-0.39, 0.29) is 28.6 Å². The van der Waals surface area contributed by atoms with Gasteiger partial charge in [-0.05, 0) is 73.6 Å². The summed E-state index contributed by atoms with van der Waals surface area (Å²) in [5, 5.41) is 82.7. The molecular weight excluding hydrogens is 632 g/mol. The number of aryl methyl sites for hydroxylation is 2. The lowest BCUT2D eigenvalue weighted by Gasteiger charge is -2.40. The van der Waals surface area contributed by atoms with Crippen LogP contribution in [0.2, 0.25) is 0 Å². The molecule has 0 radical (unpaired) electrons. The van der Waals surface area contributed by atoms with Gasteiger partial charge < -0.3 is 64.5 Å². The van der Waals surface area contributed by atoms with Gasteiger partial charge in [-0.15, -0.1) is 0 Å². The van der Waals surface area contributed by atoms with E-state index in [9.17, 15) is 45.6 Å².